The third-order valence-corrected chi connectivity index (χ3v) is 5.04. The van der Waals surface area contributed by atoms with Crippen LogP contribution < -0.4 is 10.5 Å². The lowest BCUT2D eigenvalue weighted by molar-refractivity contribution is 0.00903. The molecule has 128 valence electrons. The fraction of sp³-hybridized carbons (Fsp3) is 0.611. The summed E-state index contributed by atoms with van der Waals surface area (Å²) in [5.41, 5.74) is 6.75. The fourth-order valence-corrected chi connectivity index (χ4v) is 3.32. The molecule has 0 atom stereocenters. The van der Waals surface area contributed by atoms with Crippen LogP contribution in [0, 0.1) is 11.3 Å². The molecule has 1 aliphatic carbocycles. The van der Waals surface area contributed by atoms with E-state index in [0.717, 1.165) is 25.7 Å². The Morgan fingerprint density at radius 1 is 1.22 bits per heavy atom. The van der Waals surface area contributed by atoms with Gasteiger partial charge in [-0.2, -0.15) is 0 Å². The number of nitrogen functional groups attached to an aromatic ring is 1. The number of halogens is 1. The average Bonchev–Trinajstić information content (AvgIpc) is 2.49. The molecular formula is C18H26ClNO3. The van der Waals surface area contributed by atoms with E-state index in [1.807, 2.05) is 0 Å². The number of hydrogen-bond donors (Lipinski definition) is 1. The van der Waals surface area contributed by atoms with Gasteiger partial charge in [-0.3, -0.25) is 0 Å². The molecule has 0 heterocycles. The second-order valence-electron chi connectivity index (χ2n) is 7.32. The Balaban J connectivity index is 2.02. The van der Waals surface area contributed by atoms with Crippen LogP contribution in [-0.4, -0.2) is 19.2 Å². The SMILES string of the molecule is COc1cc(N)c(Cl)cc1C(=O)OC1CCC(C(C)(C)C)CC1. The smallest absolute Gasteiger partial charge is 0.342 e. The van der Waals surface area contributed by atoms with E-state index in [9.17, 15) is 4.79 Å². The van der Waals surface area contributed by atoms with Gasteiger partial charge in [-0.1, -0.05) is 32.4 Å². The molecule has 0 spiro atoms. The molecule has 0 saturated heterocycles. The lowest BCUT2D eigenvalue weighted by atomic mass is 9.72. The standard InChI is InChI=1S/C18H26ClNO3/c1-18(2,3)11-5-7-12(8-6-11)23-17(21)13-9-14(19)15(20)10-16(13)22-4/h9-12H,5-8,20H2,1-4H3. The quantitative estimate of drug-likeness (QED) is 0.641. The van der Waals surface area contributed by atoms with Gasteiger partial charge in [-0.15, -0.1) is 0 Å². The maximum atomic E-state index is 12.4. The molecule has 1 aromatic rings. The van der Waals surface area contributed by atoms with Crippen LogP contribution in [-0.2, 0) is 4.74 Å². The van der Waals surface area contributed by atoms with E-state index in [-0.39, 0.29) is 6.10 Å². The molecule has 0 amide bonds. The van der Waals surface area contributed by atoms with E-state index in [4.69, 9.17) is 26.8 Å². The van der Waals surface area contributed by atoms with Gasteiger partial charge in [0.25, 0.3) is 0 Å². The number of anilines is 1. The van der Waals surface area contributed by atoms with Gasteiger partial charge >= 0.3 is 5.97 Å². The largest absolute Gasteiger partial charge is 0.496 e. The molecule has 5 heteroatoms. The van der Waals surface area contributed by atoms with Gasteiger partial charge in [0.1, 0.15) is 17.4 Å². The maximum absolute atomic E-state index is 12.4. The molecule has 1 fully saturated rings. The minimum absolute atomic E-state index is 0.0397. The van der Waals surface area contributed by atoms with Crippen molar-refractivity contribution in [3.63, 3.8) is 0 Å². The fourth-order valence-electron chi connectivity index (χ4n) is 3.16. The first-order valence-corrected chi connectivity index (χ1v) is 8.44. The topological polar surface area (TPSA) is 61.5 Å². The molecule has 0 aliphatic heterocycles. The molecule has 2 rings (SSSR count). The highest BCUT2D eigenvalue weighted by molar-refractivity contribution is 6.33. The monoisotopic (exact) mass is 339 g/mol. The first-order chi connectivity index (χ1) is 10.7. The number of carbonyl (C=O) groups is 1. The Labute approximate surface area is 143 Å². The second-order valence-corrected chi connectivity index (χ2v) is 7.73. The average molecular weight is 340 g/mol. The number of nitrogens with two attached hydrogens (primary N) is 1. The third-order valence-electron chi connectivity index (χ3n) is 4.71. The van der Waals surface area contributed by atoms with E-state index >= 15 is 0 Å². The molecule has 1 aliphatic rings. The molecule has 4 nitrogen and oxygen atoms in total. The number of hydrogen-bond acceptors (Lipinski definition) is 4. The first-order valence-electron chi connectivity index (χ1n) is 8.06. The summed E-state index contributed by atoms with van der Waals surface area (Å²) in [6.45, 7) is 6.81. The Bertz CT molecular complexity index is 572. The van der Waals surface area contributed by atoms with Gasteiger partial charge in [0, 0.05) is 6.07 Å². The van der Waals surface area contributed by atoms with Crippen LogP contribution in [0.5, 0.6) is 5.75 Å². The van der Waals surface area contributed by atoms with Crippen LogP contribution in [0.25, 0.3) is 0 Å². The molecule has 0 bridgehead atoms. The van der Waals surface area contributed by atoms with Crippen molar-refractivity contribution in [2.24, 2.45) is 11.3 Å². The molecule has 0 radical (unpaired) electrons. The summed E-state index contributed by atoms with van der Waals surface area (Å²) < 4.78 is 10.9. The summed E-state index contributed by atoms with van der Waals surface area (Å²) in [6.07, 6.45) is 3.93. The molecule has 0 unspecified atom stereocenters. The Kier molecular flexibility index (Phi) is 5.45. The number of esters is 1. The van der Waals surface area contributed by atoms with Crippen molar-refractivity contribution in [3.05, 3.63) is 22.7 Å². The normalized spacial score (nSPS) is 21.8. The zero-order chi connectivity index (χ0) is 17.2. The predicted molar refractivity (Wildman–Crippen MR) is 93.0 cm³/mol. The van der Waals surface area contributed by atoms with Crippen LogP contribution in [0.4, 0.5) is 5.69 Å². The highest BCUT2D eigenvalue weighted by atomic mass is 35.5. The highest BCUT2D eigenvalue weighted by Gasteiger charge is 2.31. The van der Waals surface area contributed by atoms with Gasteiger partial charge in [0.2, 0.25) is 0 Å². The van der Waals surface area contributed by atoms with Gasteiger partial charge < -0.3 is 15.2 Å². The number of rotatable bonds is 3. The van der Waals surface area contributed by atoms with Crippen LogP contribution in [0.1, 0.15) is 56.8 Å². The highest BCUT2D eigenvalue weighted by Crippen LogP contribution is 2.39. The number of ether oxygens (including phenoxy) is 2. The second kappa shape index (κ2) is 7.00. The van der Waals surface area contributed by atoms with Crippen molar-refractivity contribution in [1.82, 2.24) is 0 Å². The summed E-state index contributed by atoms with van der Waals surface area (Å²) >= 11 is 6.01. The van der Waals surface area contributed by atoms with E-state index in [1.54, 1.807) is 6.07 Å². The van der Waals surface area contributed by atoms with E-state index in [0.29, 0.717) is 33.4 Å². The summed E-state index contributed by atoms with van der Waals surface area (Å²) in [5, 5.41) is 0.328. The Morgan fingerprint density at radius 2 is 1.83 bits per heavy atom. The Morgan fingerprint density at radius 3 is 2.35 bits per heavy atom. The summed E-state index contributed by atoms with van der Waals surface area (Å²) in [4.78, 5) is 12.4. The first kappa shape index (κ1) is 17.9. The van der Waals surface area contributed by atoms with Gasteiger partial charge in [0.05, 0.1) is 17.8 Å². The molecular weight excluding hydrogens is 314 g/mol. The van der Waals surface area contributed by atoms with Crippen LogP contribution in [0.2, 0.25) is 5.02 Å². The minimum Gasteiger partial charge on any atom is -0.496 e. The lowest BCUT2D eigenvalue weighted by Crippen LogP contribution is -2.30. The van der Waals surface area contributed by atoms with E-state index < -0.39 is 5.97 Å². The van der Waals surface area contributed by atoms with Crippen molar-refractivity contribution < 1.29 is 14.3 Å². The van der Waals surface area contributed by atoms with Crippen molar-refractivity contribution >= 4 is 23.3 Å². The van der Waals surface area contributed by atoms with E-state index in [1.165, 1.54) is 13.2 Å². The molecule has 1 aromatic carbocycles. The number of benzene rings is 1. The maximum Gasteiger partial charge on any atom is 0.342 e. The molecule has 0 aromatic heterocycles. The lowest BCUT2D eigenvalue weighted by Gasteiger charge is -2.36. The molecule has 23 heavy (non-hydrogen) atoms. The van der Waals surface area contributed by atoms with E-state index in [2.05, 4.69) is 20.8 Å². The summed E-state index contributed by atoms with van der Waals surface area (Å²) in [6, 6.07) is 3.06. The van der Waals surface area contributed by atoms with Crippen LogP contribution >= 0.6 is 11.6 Å². The van der Waals surface area contributed by atoms with Crippen LogP contribution in [0.3, 0.4) is 0 Å². The van der Waals surface area contributed by atoms with Gasteiger partial charge in [-0.05, 0) is 43.1 Å². The summed E-state index contributed by atoms with van der Waals surface area (Å²) in [5.74, 6) is 0.668. The zero-order valence-corrected chi connectivity index (χ0v) is 15.1. The predicted octanol–water partition coefficient (Wildman–Crippen LogP) is 4.69. The molecule has 1 saturated carbocycles. The summed E-state index contributed by atoms with van der Waals surface area (Å²) in [7, 11) is 1.49. The Hall–Kier alpha value is -1.42. The van der Waals surface area contributed by atoms with Crippen molar-refractivity contribution in [1.29, 1.82) is 0 Å². The molecule has 2 N–H and O–H groups in total. The zero-order valence-electron chi connectivity index (χ0n) is 14.3. The van der Waals surface area contributed by atoms with Gasteiger partial charge in [0.15, 0.2) is 0 Å². The van der Waals surface area contributed by atoms with Crippen molar-refractivity contribution in [3.8, 4) is 5.75 Å². The minimum atomic E-state index is -0.400. The van der Waals surface area contributed by atoms with Gasteiger partial charge in [-0.25, -0.2) is 4.79 Å². The third kappa shape index (κ3) is 4.31. The van der Waals surface area contributed by atoms with Crippen molar-refractivity contribution in [2.45, 2.75) is 52.6 Å². The van der Waals surface area contributed by atoms with Crippen molar-refractivity contribution in [2.75, 3.05) is 12.8 Å². The number of carbonyl (C=O) groups excluding carboxylic acids is 1. The van der Waals surface area contributed by atoms with Crippen LogP contribution in [0.15, 0.2) is 12.1 Å². The number of methoxy groups -OCH3 is 1.